The number of hydrogen-bond donors (Lipinski definition) is 1. The van der Waals surface area contributed by atoms with Gasteiger partial charge in [0.25, 0.3) is 0 Å². The third-order valence-corrected chi connectivity index (χ3v) is 4.24. The highest BCUT2D eigenvalue weighted by molar-refractivity contribution is 7.99. The predicted octanol–water partition coefficient (Wildman–Crippen LogP) is 1.91. The zero-order chi connectivity index (χ0) is 11.6. The number of ether oxygens (including phenoxy) is 2. The Morgan fingerprint density at radius 1 is 1.25 bits per heavy atom. The van der Waals surface area contributed by atoms with Crippen molar-refractivity contribution in [3.63, 3.8) is 0 Å². The van der Waals surface area contributed by atoms with Gasteiger partial charge in [-0.15, -0.1) is 0 Å². The van der Waals surface area contributed by atoms with Crippen molar-refractivity contribution in [3.05, 3.63) is 0 Å². The fraction of sp³-hybridized carbons (Fsp3) is 1.00. The first-order valence-corrected chi connectivity index (χ1v) is 7.35. The number of nitrogens with one attached hydrogen (secondary N) is 1. The predicted molar refractivity (Wildman–Crippen MR) is 70.3 cm³/mol. The first kappa shape index (κ1) is 14.3. The van der Waals surface area contributed by atoms with Crippen LogP contribution in [0.3, 0.4) is 0 Å². The van der Waals surface area contributed by atoms with Gasteiger partial charge in [-0.05, 0) is 18.6 Å². The lowest BCUT2D eigenvalue weighted by Crippen LogP contribution is -2.36. The number of thioether (sulfide) groups is 1. The van der Waals surface area contributed by atoms with E-state index in [-0.39, 0.29) is 0 Å². The summed E-state index contributed by atoms with van der Waals surface area (Å²) >= 11 is 2.10. The molecule has 2 unspecified atom stereocenters. The second-order valence-corrected chi connectivity index (χ2v) is 5.61. The van der Waals surface area contributed by atoms with Gasteiger partial charge in [0.2, 0.25) is 0 Å². The molecule has 4 heteroatoms. The lowest BCUT2D eigenvalue weighted by Gasteiger charge is -2.20. The van der Waals surface area contributed by atoms with Crippen molar-refractivity contribution in [1.29, 1.82) is 0 Å². The third kappa shape index (κ3) is 5.53. The highest BCUT2D eigenvalue weighted by Crippen LogP contribution is 2.29. The summed E-state index contributed by atoms with van der Waals surface area (Å²) in [5.41, 5.74) is 0. The van der Waals surface area contributed by atoms with Gasteiger partial charge >= 0.3 is 0 Å². The molecule has 1 aliphatic rings. The minimum atomic E-state index is 0.692. The third-order valence-electron chi connectivity index (χ3n) is 2.92. The van der Waals surface area contributed by atoms with Crippen LogP contribution in [0.5, 0.6) is 0 Å². The summed E-state index contributed by atoms with van der Waals surface area (Å²) in [4.78, 5) is 0. The van der Waals surface area contributed by atoms with E-state index in [9.17, 15) is 0 Å². The molecule has 0 aromatic heterocycles. The summed E-state index contributed by atoms with van der Waals surface area (Å²) in [7, 11) is 1.70. The standard InChI is InChI=1S/C12H25NO2S/c1-3-16-12-6-4-5-11(12)13-7-8-15-10-9-14-2/h11-13H,3-10H2,1-2H3. The van der Waals surface area contributed by atoms with Crippen molar-refractivity contribution >= 4 is 11.8 Å². The minimum Gasteiger partial charge on any atom is -0.382 e. The van der Waals surface area contributed by atoms with E-state index >= 15 is 0 Å². The van der Waals surface area contributed by atoms with E-state index in [0.717, 1.165) is 18.4 Å². The molecule has 1 aliphatic carbocycles. The van der Waals surface area contributed by atoms with Crippen LogP contribution in [0.15, 0.2) is 0 Å². The van der Waals surface area contributed by atoms with Gasteiger partial charge < -0.3 is 14.8 Å². The fourth-order valence-corrected chi connectivity index (χ4v) is 3.36. The maximum atomic E-state index is 5.43. The molecular formula is C12H25NO2S. The van der Waals surface area contributed by atoms with Crippen LogP contribution in [0.2, 0.25) is 0 Å². The summed E-state index contributed by atoms with van der Waals surface area (Å²) in [5, 5.41) is 4.43. The molecule has 0 bridgehead atoms. The van der Waals surface area contributed by atoms with Crippen molar-refractivity contribution in [1.82, 2.24) is 5.32 Å². The molecule has 16 heavy (non-hydrogen) atoms. The molecule has 0 aromatic rings. The van der Waals surface area contributed by atoms with Crippen molar-refractivity contribution in [2.45, 2.75) is 37.5 Å². The summed E-state index contributed by atoms with van der Waals surface area (Å²) in [6.07, 6.45) is 4.08. The molecule has 96 valence electrons. The van der Waals surface area contributed by atoms with Gasteiger partial charge in [0.1, 0.15) is 0 Å². The molecule has 0 heterocycles. The molecule has 3 nitrogen and oxygen atoms in total. The normalized spacial score (nSPS) is 25.1. The average Bonchev–Trinajstić information content (AvgIpc) is 2.72. The van der Waals surface area contributed by atoms with E-state index in [1.165, 1.54) is 25.0 Å². The Labute approximate surface area is 104 Å². The van der Waals surface area contributed by atoms with Gasteiger partial charge in [-0.1, -0.05) is 13.3 Å². The van der Waals surface area contributed by atoms with Crippen LogP contribution >= 0.6 is 11.8 Å². The van der Waals surface area contributed by atoms with Gasteiger partial charge in [-0.2, -0.15) is 11.8 Å². The zero-order valence-corrected chi connectivity index (χ0v) is 11.4. The Balaban J connectivity index is 1.99. The molecule has 0 amide bonds. The summed E-state index contributed by atoms with van der Waals surface area (Å²) in [6, 6.07) is 0.705. The quantitative estimate of drug-likeness (QED) is 0.631. The van der Waals surface area contributed by atoms with E-state index in [0.29, 0.717) is 19.3 Å². The van der Waals surface area contributed by atoms with Crippen LogP contribution in [0.25, 0.3) is 0 Å². The maximum absolute atomic E-state index is 5.43. The fourth-order valence-electron chi connectivity index (χ4n) is 2.13. The van der Waals surface area contributed by atoms with Crippen LogP contribution in [-0.4, -0.2) is 50.5 Å². The second-order valence-electron chi connectivity index (χ2n) is 4.09. The molecule has 0 spiro atoms. The van der Waals surface area contributed by atoms with Gasteiger partial charge in [0, 0.05) is 24.9 Å². The highest BCUT2D eigenvalue weighted by Gasteiger charge is 2.26. The first-order valence-electron chi connectivity index (χ1n) is 6.30. The van der Waals surface area contributed by atoms with Crippen LogP contribution in [0.1, 0.15) is 26.2 Å². The molecule has 1 N–H and O–H groups in total. The van der Waals surface area contributed by atoms with E-state index in [1.807, 2.05) is 0 Å². The monoisotopic (exact) mass is 247 g/mol. The van der Waals surface area contributed by atoms with Crippen LogP contribution in [-0.2, 0) is 9.47 Å². The number of rotatable bonds is 9. The van der Waals surface area contributed by atoms with E-state index in [2.05, 4.69) is 24.0 Å². The Hall–Kier alpha value is 0.230. The van der Waals surface area contributed by atoms with Crippen molar-refractivity contribution < 1.29 is 9.47 Å². The Morgan fingerprint density at radius 2 is 2.12 bits per heavy atom. The lowest BCUT2D eigenvalue weighted by molar-refractivity contribution is 0.0711. The molecule has 0 saturated heterocycles. The van der Waals surface area contributed by atoms with E-state index in [1.54, 1.807) is 7.11 Å². The average molecular weight is 247 g/mol. The molecule has 0 aromatic carbocycles. The lowest BCUT2D eigenvalue weighted by atomic mass is 10.2. The molecule has 0 aliphatic heterocycles. The van der Waals surface area contributed by atoms with Gasteiger partial charge in [-0.3, -0.25) is 0 Å². The number of methoxy groups -OCH3 is 1. The van der Waals surface area contributed by atoms with Crippen LogP contribution in [0.4, 0.5) is 0 Å². The van der Waals surface area contributed by atoms with Crippen LogP contribution in [0, 0.1) is 0 Å². The molecule has 1 rings (SSSR count). The van der Waals surface area contributed by atoms with Gasteiger partial charge in [0.15, 0.2) is 0 Å². The van der Waals surface area contributed by atoms with Crippen LogP contribution < -0.4 is 5.32 Å². The molecule has 1 saturated carbocycles. The van der Waals surface area contributed by atoms with Gasteiger partial charge in [0.05, 0.1) is 19.8 Å². The molecule has 2 atom stereocenters. The van der Waals surface area contributed by atoms with Gasteiger partial charge in [-0.25, -0.2) is 0 Å². The summed E-state index contributed by atoms with van der Waals surface area (Å²) in [6.45, 7) is 5.40. The van der Waals surface area contributed by atoms with Crippen molar-refractivity contribution in [2.75, 3.05) is 39.2 Å². The largest absolute Gasteiger partial charge is 0.382 e. The van der Waals surface area contributed by atoms with Crippen molar-refractivity contribution in [3.8, 4) is 0 Å². The molecule has 0 radical (unpaired) electrons. The zero-order valence-electron chi connectivity index (χ0n) is 10.5. The SMILES string of the molecule is CCSC1CCCC1NCCOCCOC. The Morgan fingerprint density at radius 3 is 2.88 bits per heavy atom. The smallest absolute Gasteiger partial charge is 0.0700 e. The van der Waals surface area contributed by atoms with E-state index < -0.39 is 0 Å². The van der Waals surface area contributed by atoms with E-state index in [4.69, 9.17) is 9.47 Å². The Bertz CT molecular complexity index is 169. The second kappa shape index (κ2) is 9.28. The summed E-state index contributed by atoms with van der Waals surface area (Å²) in [5.74, 6) is 1.23. The first-order chi connectivity index (χ1) is 7.88. The van der Waals surface area contributed by atoms with Crippen molar-refractivity contribution in [2.24, 2.45) is 0 Å². The Kier molecular flexibility index (Phi) is 8.29. The highest BCUT2D eigenvalue weighted by atomic mass is 32.2. The minimum absolute atomic E-state index is 0.692. The number of hydrogen-bond acceptors (Lipinski definition) is 4. The summed E-state index contributed by atoms with van der Waals surface area (Å²) < 4.78 is 10.4. The maximum Gasteiger partial charge on any atom is 0.0700 e. The molecular weight excluding hydrogens is 222 g/mol. The molecule has 1 fully saturated rings. The topological polar surface area (TPSA) is 30.5 Å².